The zero-order valence-corrected chi connectivity index (χ0v) is 18.1. The van der Waals surface area contributed by atoms with Crippen LogP contribution in [0, 0.1) is 5.82 Å². The predicted octanol–water partition coefficient (Wildman–Crippen LogP) is 3.56. The third-order valence-electron chi connectivity index (χ3n) is 6.67. The van der Waals surface area contributed by atoms with Crippen molar-refractivity contribution >= 4 is 5.91 Å². The average molecular weight is 441 g/mol. The summed E-state index contributed by atoms with van der Waals surface area (Å²) in [5, 5.41) is 3.35. The number of nitrogens with zero attached hydrogens (tertiary/aromatic N) is 1. The molecule has 0 aromatic heterocycles. The highest BCUT2D eigenvalue weighted by atomic mass is 19.1. The van der Waals surface area contributed by atoms with Crippen LogP contribution in [0.1, 0.15) is 42.9 Å². The quantitative estimate of drug-likeness (QED) is 0.771. The summed E-state index contributed by atoms with van der Waals surface area (Å²) in [6, 6.07) is 12.5. The summed E-state index contributed by atoms with van der Waals surface area (Å²) in [4.78, 5) is 15.2. The molecule has 2 fully saturated rings. The number of fused-ring (bicyclic) bond motifs is 1. The Kier molecular flexibility index (Phi) is 6.02. The highest BCUT2D eigenvalue weighted by Crippen LogP contribution is 2.42. The van der Waals surface area contributed by atoms with Crippen LogP contribution in [-0.2, 0) is 15.1 Å². The van der Waals surface area contributed by atoms with Crippen molar-refractivity contribution in [1.82, 2.24) is 10.2 Å². The standard InChI is InChI=1S/C25H29FN2O4/c26-20-5-3-4-18(14-20)23-16-28(10-11-30-23)17-24(29)27-25(8-1-2-9-25)19-6-7-21-22(15-19)32-13-12-31-21/h3-7,14-15,23H,1-2,8-13,16-17H2,(H,27,29). The van der Waals surface area contributed by atoms with Crippen LogP contribution in [0.4, 0.5) is 4.39 Å². The molecule has 0 radical (unpaired) electrons. The van der Waals surface area contributed by atoms with Gasteiger partial charge in [-0.2, -0.15) is 0 Å². The van der Waals surface area contributed by atoms with E-state index >= 15 is 0 Å². The van der Waals surface area contributed by atoms with Crippen molar-refractivity contribution < 1.29 is 23.4 Å². The first kappa shape index (κ1) is 21.2. The van der Waals surface area contributed by atoms with Crippen molar-refractivity contribution in [3.8, 4) is 11.5 Å². The summed E-state index contributed by atoms with van der Waals surface area (Å²) >= 11 is 0. The fraction of sp³-hybridized carbons (Fsp3) is 0.480. The number of amides is 1. The van der Waals surface area contributed by atoms with E-state index in [4.69, 9.17) is 14.2 Å². The number of rotatable bonds is 5. The Bertz CT molecular complexity index is 976. The van der Waals surface area contributed by atoms with Gasteiger partial charge in [-0.05, 0) is 48.2 Å². The molecule has 7 heteroatoms. The van der Waals surface area contributed by atoms with Gasteiger partial charge >= 0.3 is 0 Å². The van der Waals surface area contributed by atoms with Crippen molar-refractivity contribution in [2.45, 2.75) is 37.3 Å². The van der Waals surface area contributed by atoms with E-state index in [-0.39, 0.29) is 23.4 Å². The molecule has 2 aromatic carbocycles. The first-order valence-corrected chi connectivity index (χ1v) is 11.4. The number of halogens is 1. The van der Waals surface area contributed by atoms with Gasteiger partial charge in [0.25, 0.3) is 0 Å². The van der Waals surface area contributed by atoms with E-state index in [1.165, 1.54) is 12.1 Å². The van der Waals surface area contributed by atoms with E-state index in [1.807, 2.05) is 24.3 Å². The summed E-state index contributed by atoms with van der Waals surface area (Å²) in [5.74, 6) is 1.24. The lowest BCUT2D eigenvalue weighted by Gasteiger charge is -2.35. The summed E-state index contributed by atoms with van der Waals surface area (Å²) in [6.45, 7) is 3.15. The molecule has 170 valence electrons. The lowest BCUT2D eigenvalue weighted by Crippen LogP contribution is -2.50. The molecule has 1 saturated heterocycles. The molecule has 5 rings (SSSR count). The summed E-state index contributed by atoms with van der Waals surface area (Å²) in [5.41, 5.74) is 1.51. The average Bonchev–Trinajstić information content (AvgIpc) is 3.28. The SMILES string of the molecule is O=C(CN1CCOC(c2cccc(F)c2)C1)NC1(c2ccc3c(c2)OCCO3)CCCC1. The normalized spacial score (nSPS) is 22.5. The lowest BCUT2D eigenvalue weighted by atomic mass is 9.87. The molecule has 6 nitrogen and oxygen atoms in total. The Morgan fingerprint density at radius 3 is 2.69 bits per heavy atom. The molecule has 1 saturated carbocycles. The summed E-state index contributed by atoms with van der Waals surface area (Å²) < 4.78 is 30.9. The number of carbonyl (C=O) groups excluding carboxylic acids is 1. The van der Waals surface area contributed by atoms with Gasteiger partial charge < -0.3 is 19.5 Å². The number of benzene rings is 2. The number of ether oxygens (including phenoxy) is 3. The third kappa shape index (κ3) is 4.45. The number of nitrogens with one attached hydrogen (secondary N) is 1. The summed E-state index contributed by atoms with van der Waals surface area (Å²) in [7, 11) is 0. The zero-order chi connectivity index (χ0) is 22.0. The van der Waals surface area contributed by atoms with Gasteiger partial charge in [0, 0.05) is 13.1 Å². The highest BCUT2D eigenvalue weighted by Gasteiger charge is 2.38. The predicted molar refractivity (Wildman–Crippen MR) is 117 cm³/mol. The maximum absolute atomic E-state index is 13.6. The molecule has 1 amide bonds. The Hall–Kier alpha value is -2.64. The van der Waals surface area contributed by atoms with Gasteiger partial charge in [0.2, 0.25) is 5.91 Å². The third-order valence-corrected chi connectivity index (χ3v) is 6.67. The molecule has 1 atom stereocenters. The van der Waals surface area contributed by atoms with Gasteiger partial charge in [0.15, 0.2) is 11.5 Å². The maximum atomic E-state index is 13.6. The summed E-state index contributed by atoms with van der Waals surface area (Å²) in [6.07, 6.45) is 3.74. The van der Waals surface area contributed by atoms with Crippen molar-refractivity contribution in [3.63, 3.8) is 0 Å². The van der Waals surface area contributed by atoms with E-state index in [9.17, 15) is 9.18 Å². The van der Waals surface area contributed by atoms with Gasteiger partial charge in [0.1, 0.15) is 19.0 Å². The first-order valence-electron chi connectivity index (χ1n) is 11.4. The zero-order valence-electron chi connectivity index (χ0n) is 18.1. The van der Waals surface area contributed by atoms with Crippen LogP contribution in [0.5, 0.6) is 11.5 Å². The lowest BCUT2D eigenvalue weighted by molar-refractivity contribution is -0.126. The molecule has 2 aromatic rings. The van der Waals surface area contributed by atoms with Crippen molar-refractivity contribution in [2.24, 2.45) is 0 Å². The second-order valence-electron chi connectivity index (χ2n) is 8.85. The van der Waals surface area contributed by atoms with E-state index in [0.29, 0.717) is 39.5 Å². The minimum atomic E-state index is -0.374. The molecule has 1 N–H and O–H groups in total. The topological polar surface area (TPSA) is 60.0 Å². The van der Waals surface area contributed by atoms with Crippen LogP contribution < -0.4 is 14.8 Å². The number of hydrogen-bond donors (Lipinski definition) is 1. The first-order chi connectivity index (χ1) is 15.6. The molecule has 3 aliphatic rings. The van der Waals surface area contributed by atoms with E-state index in [0.717, 1.165) is 48.3 Å². The van der Waals surface area contributed by atoms with Crippen molar-refractivity contribution in [2.75, 3.05) is 39.5 Å². The number of carbonyl (C=O) groups is 1. The molecule has 1 aliphatic carbocycles. The molecule has 0 spiro atoms. The van der Waals surface area contributed by atoms with Crippen LogP contribution in [0.15, 0.2) is 42.5 Å². The molecular weight excluding hydrogens is 411 g/mol. The minimum Gasteiger partial charge on any atom is -0.486 e. The fourth-order valence-electron chi connectivity index (χ4n) is 5.07. The molecule has 2 heterocycles. The van der Waals surface area contributed by atoms with Crippen LogP contribution >= 0.6 is 0 Å². The van der Waals surface area contributed by atoms with Gasteiger partial charge in [-0.25, -0.2) is 4.39 Å². The van der Waals surface area contributed by atoms with Gasteiger partial charge in [-0.15, -0.1) is 0 Å². The largest absolute Gasteiger partial charge is 0.486 e. The second-order valence-corrected chi connectivity index (χ2v) is 8.85. The fourth-order valence-corrected chi connectivity index (χ4v) is 5.07. The van der Waals surface area contributed by atoms with Crippen LogP contribution in [-0.4, -0.2) is 50.3 Å². The Morgan fingerprint density at radius 2 is 1.88 bits per heavy atom. The molecule has 2 aliphatic heterocycles. The van der Waals surface area contributed by atoms with E-state index < -0.39 is 0 Å². The highest BCUT2D eigenvalue weighted by molar-refractivity contribution is 5.79. The van der Waals surface area contributed by atoms with Gasteiger partial charge in [-0.1, -0.05) is 31.0 Å². The molecule has 32 heavy (non-hydrogen) atoms. The molecular formula is C25H29FN2O4. The van der Waals surface area contributed by atoms with Crippen LogP contribution in [0.3, 0.4) is 0 Å². The van der Waals surface area contributed by atoms with Crippen molar-refractivity contribution in [1.29, 1.82) is 0 Å². The number of morpholine rings is 1. The maximum Gasteiger partial charge on any atom is 0.234 e. The molecule has 0 bridgehead atoms. The van der Waals surface area contributed by atoms with E-state index in [2.05, 4.69) is 10.2 Å². The van der Waals surface area contributed by atoms with Crippen LogP contribution in [0.25, 0.3) is 0 Å². The Morgan fingerprint density at radius 1 is 1.06 bits per heavy atom. The smallest absolute Gasteiger partial charge is 0.234 e. The second kappa shape index (κ2) is 9.08. The van der Waals surface area contributed by atoms with Crippen LogP contribution in [0.2, 0.25) is 0 Å². The Balaban J connectivity index is 1.27. The van der Waals surface area contributed by atoms with Gasteiger partial charge in [-0.3, -0.25) is 9.69 Å². The van der Waals surface area contributed by atoms with Gasteiger partial charge in [0.05, 0.1) is 24.8 Å². The monoisotopic (exact) mass is 440 g/mol. The Labute approximate surface area is 187 Å². The minimum absolute atomic E-state index is 0.00156. The molecule has 1 unspecified atom stereocenters. The number of hydrogen-bond acceptors (Lipinski definition) is 5. The van der Waals surface area contributed by atoms with Crippen molar-refractivity contribution in [3.05, 3.63) is 59.4 Å². The van der Waals surface area contributed by atoms with E-state index in [1.54, 1.807) is 6.07 Å².